The fraction of sp³-hybridized carbons (Fsp3) is 0. The maximum absolute atomic E-state index is 11.0. The van der Waals surface area contributed by atoms with Crippen LogP contribution in [-0.2, 0) is 0 Å². The number of aromatic carboxylic acids is 1. The van der Waals surface area contributed by atoms with Crippen molar-refractivity contribution in [3.63, 3.8) is 0 Å². The molecule has 18 heavy (non-hydrogen) atoms. The first-order chi connectivity index (χ1) is 8.65. The average Bonchev–Trinajstić information content (AvgIpc) is 2.93. The maximum Gasteiger partial charge on any atom is 0.341 e. The van der Waals surface area contributed by atoms with Gasteiger partial charge in [-0.3, -0.25) is 0 Å². The second-order valence-corrected chi connectivity index (χ2v) is 4.22. The summed E-state index contributed by atoms with van der Waals surface area (Å²) in [4.78, 5) is 14.1. The molecule has 0 bridgehead atoms. The number of hydrogen-bond donors (Lipinski definition) is 2. The molecule has 2 heterocycles. The van der Waals surface area contributed by atoms with Gasteiger partial charge in [0.2, 0.25) is 0 Å². The first-order valence-electron chi connectivity index (χ1n) is 5.12. The molecule has 0 spiro atoms. The Balaban J connectivity index is 2.19. The minimum Gasteiger partial charge on any atom is -0.477 e. The third-order valence-corrected chi connectivity index (χ3v) is 2.86. The highest BCUT2D eigenvalue weighted by atomic mass is 35.5. The molecule has 0 saturated heterocycles. The normalized spacial score (nSPS) is 10.9. The lowest BCUT2D eigenvalue weighted by molar-refractivity contribution is 0.0697. The molecule has 3 rings (SSSR count). The summed E-state index contributed by atoms with van der Waals surface area (Å²) in [6.07, 6.45) is 1.18. The molecule has 1 aromatic carbocycles. The van der Waals surface area contributed by atoms with Gasteiger partial charge in [-0.2, -0.15) is 0 Å². The van der Waals surface area contributed by atoms with Crippen molar-refractivity contribution in [3.05, 3.63) is 41.0 Å². The van der Waals surface area contributed by atoms with Gasteiger partial charge >= 0.3 is 5.97 Å². The van der Waals surface area contributed by atoms with Crippen molar-refractivity contribution in [1.29, 1.82) is 0 Å². The summed E-state index contributed by atoms with van der Waals surface area (Å²) in [5.74, 6) is -0.877. The van der Waals surface area contributed by atoms with Crippen molar-refractivity contribution < 1.29 is 14.4 Å². The summed E-state index contributed by atoms with van der Waals surface area (Å²) in [6.45, 7) is 0. The number of nitrogens with zero attached hydrogens (tertiary/aromatic N) is 1. The topological polar surface area (TPSA) is 79.1 Å². The molecule has 0 saturated carbocycles. The van der Waals surface area contributed by atoms with Crippen LogP contribution in [0.15, 0.2) is 35.0 Å². The molecule has 0 aliphatic rings. The van der Waals surface area contributed by atoms with Crippen LogP contribution in [0.25, 0.3) is 22.4 Å². The van der Waals surface area contributed by atoms with E-state index in [4.69, 9.17) is 21.2 Å². The largest absolute Gasteiger partial charge is 0.477 e. The number of rotatable bonds is 2. The number of aromatic nitrogens is 2. The van der Waals surface area contributed by atoms with Crippen molar-refractivity contribution in [2.75, 3.05) is 0 Å². The van der Waals surface area contributed by atoms with Crippen LogP contribution in [0.3, 0.4) is 0 Å². The Hall–Kier alpha value is -2.27. The van der Waals surface area contributed by atoms with Gasteiger partial charge in [0, 0.05) is 15.9 Å². The van der Waals surface area contributed by atoms with Crippen molar-refractivity contribution in [3.8, 4) is 11.5 Å². The fourth-order valence-electron chi connectivity index (χ4n) is 1.81. The number of H-pyrrole nitrogens is 1. The molecule has 90 valence electrons. The number of benzene rings is 1. The summed E-state index contributed by atoms with van der Waals surface area (Å²) < 4.78 is 4.98. The number of nitrogens with one attached hydrogen (secondary N) is 1. The first-order valence-corrected chi connectivity index (χ1v) is 5.49. The van der Waals surface area contributed by atoms with E-state index < -0.39 is 5.97 Å². The smallest absolute Gasteiger partial charge is 0.341 e. The molecule has 0 amide bonds. The van der Waals surface area contributed by atoms with Gasteiger partial charge in [-0.25, -0.2) is 4.79 Å². The molecule has 0 unspecified atom stereocenters. The third-order valence-electron chi connectivity index (χ3n) is 2.63. The zero-order valence-electron chi connectivity index (χ0n) is 8.98. The minimum absolute atomic E-state index is 0.0210. The molecular formula is C12H7ClN2O3. The zero-order chi connectivity index (χ0) is 12.7. The molecule has 0 fully saturated rings. The lowest BCUT2D eigenvalue weighted by atomic mass is 10.2. The number of fused-ring (bicyclic) bond motifs is 1. The SMILES string of the molecule is O=C(O)c1cnoc1-c1cc2cc(Cl)ccc2[nH]1. The van der Waals surface area contributed by atoms with Crippen molar-refractivity contribution in [2.24, 2.45) is 0 Å². The highest BCUT2D eigenvalue weighted by Gasteiger charge is 2.18. The van der Waals surface area contributed by atoms with E-state index in [-0.39, 0.29) is 11.3 Å². The van der Waals surface area contributed by atoms with Crippen molar-refractivity contribution in [2.45, 2.75) is 0 Å². The molecule has 3 aromatic rings. The van der Waals surface area contributed by atoms with Gasteiger partial charge in [0.05, 0.1) is 11.9 Å². The second kappa shape index (κ2) is 3.89. The number of hydrogen-bond acceptors (Lipinski definition) is 3. The lowest BCUT2D eigenvalue weighted by Gasteiger charge is -1.92. The molecule has 2 N–H and O–H groups in total. The van der Waals surface area contributed by atoms with Crippen LogP contribution in [0.2, 0.25) is 5.02 Å². The summed E-state index contributed by atoms with van der Waals surface area (Å²) in [6, 6.07) is 7.13. The van der Waals surface area contributed by atoms with E-state index in [2.05, 4.69) is 10.1 Å². The number of carboxylic acids is 1. The summed E-state index contributed by atoms with van der Waals surface area (Å²) >= 11 is 5.89. The third kappa shape index (κ3) is 1.65. The van der Waals surface area contributed by atoms with E-state index in [1.54, 1.807) is 18.2 Å². The lowest BCUT2D eigenvalue weighted by Crippen LogP contribution is -1.95. The van der Waals surface area contributed by atoms with Crippen LogP contribution >= 0.6 is 11.6 Å². The predicted octanol–water partition coefficient (Wildman–Crippen LogP) is 3.17. The Labute approximate surface area is 106 Å². The Morgan fingerprint density at radius 2 is 2.22 bits per heavy atom. The second-order valence-electron chi connectivity index (χ2n) is 3.79. The maximum atomic E-state index is 11.0. The fourth-order valence-corrected chi connectivity index (χ4v) is 1.99. The highest BCUT2D eigenvalue weighted by molar-refractivity contribution is 6.31. The standard InChI is InChI=1S/C12H7ClN2O3/c13-7-1-2-9-6(3-7)4-10(15-9)11-8(12(16)17)5-14-18-11/h1-5,15H,(H,16,17). The number of carbonyl (C=O) groups is 1. The van der Waals surface area contributed by atoms with E-state index >= 15 is 0 Å². The van der Waals surface area contributed by atoms with E-state index in [1.165, 1.54) is 6.20 Å². The van der Waals surface area contributed by atoms with Crippen LogP contribution in [-0.4, -0.2) is 21.2 Å². The molecule has 0 aliphatic carbocycles. The van der Waals surface area contributed by atoms with Gasteiger partial charge in [0.25, 0.3) is 0 Å². The van der Waals surface area contributed by atoms with Crippen molar-refractivity contribution >= 4 is 28.5 Å². The summed E-state index contributed by atoms with van der Waals surface area (Å²) in [5, 5.41) is 14.0. The van der Waals surface area contributed by atoms with Gasteiger partial charge in [0.1, 0.15) is 5.56 Å². The monoisotopic (exact) mass is 262 g/mol. The molecule has 2 aromatic heterocycles. The van der Waals surface area contributed by atoms with E-state index in [0.29, 0.717) is 10.7 Å². The van der Waals surface area contributed by atoms with Crippen molar-refractivity contribution in [1.82, 2.24) is 10.1 Å². The number of aromatic amines is 1. The Morgan fingerprint density at radius 1 is 1.39 bits per heavy atom. The Kier molecular flexibility index (Phi) is 2.34. The zero-order valence-corrected chi connectivity index (χ0v) is 9.73. The summed E-state index contributed by atoms with van der Waals surface area (Å²) in [7, 11) is 0. The van der Waals surface area contributed by atoms with Crippen LogP contribution in [0.1, 0.15) is 10.4 Å². The molecule has 0 atom stereocenters. The predicted molar refractivity (Wildman–Crippen MR) is 65.8 cm³/mol. The van der Waals surface area contributed by atoms with Gasteiger partial charge in [-0.1, -0.05) is 16.8 Å². The van der Waals surface area contributed by atoms with Crippen LogP contribution in [0.4, 0.5) is 0 Å². The van der Waals surface area contributed by atoms with Gasteiger partial charge in [-0.15, -0.1) is 0 Å². The van der Waals surface area contributed by atoms with Gasteiger partial charge in [0.15, 0.2) is 5.76 Å². The van der Waals surface area contributed by atoms with Crippen LogP contribution in [0, 0.1) is 0 Å². The molecule has 0 radical (unpaired) electrons. The Morgan fingerprint density at radius 3 is 3.00 bits per heavy atom. The Bertz CT molecular complexity index is 745. The molecule has 0 aliphatic heterocycles. The number of carboxylic acid groups (broad SMARTS) is 1. The number of halogens is 1. The minimum atomic E-state index is -1.08. The van der Waals surface area contributed by atoms with Gasteiger partial charge < -0.3 is 14.6 Å². The molecular weight excluding hydrogens is 256 g/mol. The van der Waals surface area contributed by atoms with E-state index in [9.17, 15) is 4.79 Å². The van der Waals surface area contributed by atoms with Gasteiger partial charge in [-0.05, 0) is 24.3 Å². The first kappa shape index (κ1) is 10.9. The van der Waals surface area contributed by atoms with Crippen LogP contribution in [0.5, 0.6) is 0 Å². The van der Waals surface area contributed by atoms with Crippen LogP contribution < -0.4 is 0 Å². The average molecular weight is 263 g/mol. The van der Waals surface area contributed by atoms with E-state index in [0.717, 1.165) is 10.9 Å². The van der Waals surface area contributed by atoms with E-state index in [1.807, 2.05) is 6.07 Å². The summed E-state index contributed by atoms with van der Waals surface area (Å²) in [5.41, 5.74) is 1.43. The highest BCUT2D eigenvalue weighted by Crippen LogP contribution is 2.28. The molecule has 6 heteroatoms. The molecule has 5 nitrogen and oxygen atoms in total. The quantitative estimate of drug-likeness (QED) is 0.743.